The summed E-state index contributed by atoms with van der Waals surface area (Å²) < 4.78 is 1.52. The van der Waals surface area contributed by atoms with E-state index in [0.717, 1.165) is 38.5 Å². The van der Waals surface area contributed by atoms with E-state index in [1.165, 1.54) is 4.68 Å². The van der Waals surface area contributed by atoms with Gasteiger partial charge in [0.1, 0.15) is 5.15 Å². The van der Waals surface area contributed by atoms with Crippen LogP contribution in [0.5, 0.6) is 0 Å². The minimum atomic E-state index is -0.793. The minimum Gasteiger partial charge on any atom is -0.388 e. The van der Waals surface area contributed by atoms with Gasteiger partial charge in [0, 0.05) is 13.6 Å². The van der Waals surface area contributed by atoms with Crippen LogP contribution in [0.2, 0.25) is 5.15 Å². The lowest BCUT2D eigenvalue weighted by atomic mass is 9.94. The third-order valence-corrected chi connectivity index (χ3v) is 4.82. The van der Waals surface area contributed by atoms with Crippen LogP contribution in [-0.2, 0) is 7.05 Å². The van der Waals surface area contributed by atoms with Crippen molar-refractivity contribution in [2.75, 3.05) is 6.54 Å². The maximum atomic E-state index is 12.5. The lowest BCUT2D eigenvalue weighted by molar-refractivity contribution is 0.0246. The Bertz CT molecular complexity index is 532. The Morgan fingerprint density at radius 3 is 2.50 bits per heavy atom. The van der Waals surface area contributed by atoms with Crippen LogP contribution in [0.3, 0.4) is 0 Å². The molecule has 0 aliphatic heterocycles. The molecule has 2 rings (SSSR count). The zero-order chi connectivity index (χ0) is 16.3. The molecule has 1 amide bonds. The summed E-state index contributed by atoms with van der Waals surface area (Å²) in [5, 5.41) is 18.2. The van der Waals surface area contributed by atoms with E-state index >= 15 is 0 Å². The molecule has 0 aromatic carbocycles. The number of hydrogen-bond donors (Lipinski definition) is 2. The van der Waals surface area contributed by atoms with Crippen LogP contribution in [0.15, 0.2) is 0 Å². The molecule has 0 bridgehead atoms. The first-order valence-electron chi connectivity index (χ1n) is 8.07. The summed E-state index contributed by atoms with van der Waals surface area (Å²) in [6.07, 6.45) is 5.81. The first-order chi connectivity index (χ1) is 10.3. The number of rotatable bonds is 4. The molecule has 5 nitrogen and oxygen atoms in total. The lowest BCUT2D eigenvalue weighted by Gasteiger charge is -2.26. The van der Waals surface area contributed by atoms with E-state index in [1.807, 2.05) is 13.8 Å². The Morgan fingerprint density at radius 2 is 1.95 bits per heavy atom. The van der Waals surface area contributed by atoms with E-state index in [2.05, 4.69) is 10.4 Å². The average Bonchev–Trinajstić information content (AvgIpc) is 2.63. The SMILES string of the molecule is CC(C)c1nn(C)c(Cl)c1C(=O)NCC1(O)CCCCCC1. The molecule has 0 spiro atoms. The van der Waals surface area contributed by atoms with Crippen molar-refractivity contribution >= 4 is 17.5 Å². The zero-order valence-electron chi connectivity index (χ0n) is 13.7. The molecule has 22 heavy (non-hydrogen) atoms. The number of hydrogen-bond acceptors (Lipinski definition) is 3. The molecule has 0 saturated heterocycles. The third kappa shape index (κ3) is 3.82. The number of nitrogens with one attached hydrogen (secondary N) is 1. The van der Waals surface area contributed by atoms with Gasteiger partial charge in [0.15, 0.2) is 0 Å². The largest absolute Gasteiger partial charge is 0.388 e. The van der Waals surface area contributed by atoms with Crippen molar-refractivity contribution in [3.8, 4) is 0 Å². The summed E-state index contributed by atoms with van der Waals surface area (Å²) in [7, 11) is 1.73. The number of carbonyl (C=O) groups is 1. The van der Waals surface area contributed by atoms with Crippen LogP contribution < -0.4 is 5.32 Å². The third-order valence-electron chi connectivity index (χ3n) is 4.39. The Kier molecular flexibility index (Phi) is 5.50. The van der Waals surface area contributed by atoms with Gasteiger partial charge in [0.2, 0.25) is 0 Å². The van der Waals surface area contributed by atoms with Crippen molar-refractivity contribution in [1.29, 1.82) is 0 Å². The predicted molar refractivity (Wildman–Crippen MR) is 87.3 cm³/mol. The van der Waals surface area contributed by atoms with Crippen molar-refractivity contribution in [1.82, 2.24) is 15.1 Å². The molecule has 2 N–H and O–H groups in total. The second-order valence-electron chi connectivity index (χ2n) is 6.65. The predicted octanol–water partition coefficient (Wildman–Crippen LogP) is 3.01. The summed E-state index contributed by atoms with van der Waals surface area (Å²) in [6, 6.07) is 0. The highest BCUT2D eigenvalue weighted by Crippen LogP contribution is 2.28. The van der Waals surface area contributed by atoms with Crippen LogP contribution >= 0.6 is 11.6 Å². The first-order valence-corrected chi connectivity index (χ1v) is 8.45. The minimum absolute atomic E-state index is 0.111. The van der Waals surface area contributed by atoms with Gasteiger partial charge >= 0.3 is 0 Å². The maximum absolute atomic E-state index is 12.5. The number of aromatic nitrogens is 2. The average molecular weight is 328 g/mol. The molecule has 0 unspecified atom stereocenters. The van der Waals surface area contributed by atoms with Gasteiger partial charge < -0.3 is 10.4 Å². The van der Waals surface area contributed by atoms with Gasteiger partial charge in [-0.05, 0) is 18.8 Å². The van der Waals surface area contributed by atoms with Crippen LogP contribution in [0.25, 0.3) is 0 Å². The Morgan fingerprint density at radius 1 is 1.36 bits per heavy atom. The van der Waals surface area contributed by atoms with E-state index < -0.39 is 5.60 Å². The molecule has 1 aliphatic carbocycles. The Hall–Kier alpha value is -1.07. The smallest absolute Gasteiger partial charge is 0.256 e. The highest BCUT2D eigenvalue weighted by atomic mass is 35.5. The van der Waals surface area contributed by atoms with Crippen molar-refractivity contribution in [2.24, 2.45) is 7.05 Å². The second-order valence-corrected chi connectivity index (χ2v) is 7.01. The highest BCUT2D eigenvalue weighted by molar-refractivity contribution is 6.33. The molecule has 0 radical (unpaired) electrons. The molecule has 1 aromatic rings. The van der Waals surface area contributed by atoms with E-state index in [-0.39, 0.29) is 18.4 Å². The van der Waals surface area contributed by atoms with Crippen molar-refractivity contribution in [3.63, 3.8) is 0 Å². The molecular formula is C16H26ClN3O2. The first kappa shape index (κ1) is 17.3. The topological polar surface area (TPSA) is 67.2 Å². The van der Waals surface area contributed by atoms with Crippen LogP contribution in [-0.4, -0.2) is 32.9 Å². The fraction of sp³-hybridized carbons (Fsp3) is 0.750. The molecular weight excluding hydrogens is 302 g/mol. The summed E-state index contributed by atoms with van der Waals surface area (Å²) in [5.74, 6) is -0.139. The molecule has 1 aromatic heterocycles. The second kappa shape index (κ2) is 7.01. The fourth-order valence-electron chi connectivity index (χ4n) is 3.03. The highest BCUT2D eigenvalue weighted by Gasteiger charge is 2.30. The van der Waals surface area contributed by atoms with E-state index in [9.17, 15) is 9.90 Å². The van der Waals surface area contributed by atoms with Gasteiger partial charge in [-0.3, -0.25) is 9.48 Å². The quantitative estimate of drug-likeness (QED) is 0.835. The van der Waals surface area contributed by atoms with Gasteiger partial charge in [-0.25, -0.2) is 0 Å². The van der Waals surface area contributed by atoms with Gasteiger partial charge in [-0.15, -0.1) is 0 Å². The summed E-state index contributed by atoms with van der Waals surface area (Å²) in [4.78, 5) is 12.5. The number of halogens is 1. The van der Waals surface area contributed by atoms with Gasteiger partial charge in [-0.2, -0.15) is 5.10 Å². The molecule has 1 heterocycles. The molecule has 6 heteroatoms. The molecule has 1 aliphatic rings. The van der Waals surface area contributed by atoms with Crippen LogP contribution in [0.4, 0.5) is 0 Å². The summed E-state index contributed by atoms with van der Waals surface area (Å²) in [6.45, 7) is 4.23. The Labute approximate surface area is 137 Å². The van der Waals surface area contributed by atoms with Crippen LogP contribution in [0, 0.1) is 0 Å². The number of aliphatic hydroxyl groups is 1. The molecule has 1 saturated carbocycles. The van der Waals surface area contributed by atoms with E-state index in [0.29, 0.717) is 16.4 Å². The molecule has 1 fully saturated rings. The maximum Gasteiger partial charge on any atom is 0.256 e. The normalized spacial score (nSPS) is 18.3. The standard InChI is InChI=1S/C16H26ClN3O2/c1-11(2)13-12(14(17)20(3)19-13)15(21)18-10-16(22)8-6-4-5-7-9-16/h11,22H,4-10H2,1-3H3,(H,18,21). The van der Waals surface area contributed by atoms with Crippen molar-refractivity contribution < 1.29 is 9.90 Å². The zero-order valence-corrected chi connectivity index (χ0v) is 14.4. The number of nitrogens with zero attached hydrogens (tertiary/aromatic N) is 2. The number of aryl methyl sites for hydroxylation is 1. The van der Waals surface area contributed by atoms with Gasteiger partial charge in [0.05, 0.1) is 16.9 Å². The van der Waals surface area contributed by atoms with E-state index in [4.69, 9.17) is 11.6 Å². The van der Waals surface area contributed by atoms with Crippen molar-refractivity contribution in [2.45, 2.75) is 63.9 Å². The lowest BCUT2D eigenvalue weighted by Crippen LogP contribution is -2.42. The summed E-state index contributed by atoms with van der Waals surface area (Å²) in [5.41, 5.74) is 0.327. The summed E-state index contributed by atoms with van der Waals surface area (Å²) >= 11 is 6.21. The Balaban J connectivity index is 2.09. The fourth-order valence-corrected chi connectivity index (χ4v) is 3.25. The molecule has 0 atom stereocenters. The molecule has 124 valence electrons. The monoisotopic (exact) mass is 327 g/mol. The van der Waals surface area contributed by atoms with Crippen molar-refractivity contribution in [3.05, 3.63) is 16.4 Å². The number of amides is 1. The van der Waals surface area contributed by atoms with Crippen LogP contribution in [0.1, 0.15) is 74.3 Å². The van der Waals surface area contributed by atoms with Gasteiger partial charge in [-0.1, -0.05) is 51.1 Å². The van der Waals surface area contributed by atoms with E-state index in [1.54, 1.807) is 7.05 Å². The van der Waals surface area contributed by atoms with Gasteiger partial charge in [0.25, 0.3) is 5.91 Å². The number of carbonyl (C=O) groups excluding carboxylic acids is 1.